The van der Waals surface area contributed by atoms with Gasteiger partial charge in [-0.15, -0.1) is 0 Å². The largest absolute Gasteiger partial charge is 0.492 e. The Bertz CT molecular complexity index is 517. The molecule has 1 aromatic carbocycles. The molecule has 0 aliphatic carbocycles. The van der Waals surface area contributed by atoms with Gasteiger partial charge in [0, 0.05) is 23.7 Å². The summed E-state index contributed by atoms with van der Waals surface area (Å²) in [7, 11) is 0. The second-order valence-electron chi connectivity index (χ2n) is 6.13. The second kappa shape index (κ2) is 5.64. The number of benzene rings is 1. The third-order valence-electron chi connectivity index (χ3n) is 5.18. The molecule has 2 fully saturated rings. The Hall–Kier alpha value is -1.62. The molecule has 2 heterocycles. The van der Waals surface area contributed by atoms with Crippen LogP contribution in [0.25, 0.3) is 0 Å². The van der Waals surface area contributed by atoms with Crippen LogP contribution in [-0.4, -0.2) is 34.6 Å². The molecule has 21 heavy (non-hydrogen) atoms. The van der Waals surface area contributed by atoms with Crippen molar-refractivity contribution in [3.8, 4) is 5.75 Å². The molecule has 114 valence electrons. The summed E-state index contributed by atoms with van der Waals surface area (Å²) in [5, 5.41) is 10.6. The quantitative estimate of drug-likeness (QED) is 0.616. The number of nitro benzene ring substituents is 1. The standard InChI is InChI=1S/C16H22N2O3/c1-2-16-9-3-11-17(16)14(8-10-16)12-21-15-6-4-13(5-7-15)18(19)20/h4-7,14H,2-3,8-12H2,1H3/t14?,16-/m0/s1. The van der Waals surface area contributed by atoms with Gasteiger partial charge in [0.05, 0.1) is 4.92 Å². The van der Waals surface area contributed by atoms with Crippen LogP contribution in [0.15, 0.2) is 24.3 Å². The highest BCUT2D eigenvalue weighted by atomic mass is 16.6. The van der Waals surface area contributed by atoms with Crippen LogP contribution in [-0.2, 0) is 0 Å². The van der Waals surface area contributed by atoms with Crippen LogP contribution in [0.4, 0.5) is 5.69 Å². The van der Waals surface area contributed by atoms with Crippen LogP contribution < -0.4 is 4.74 Å². The molecular weight excluding hydrogens is 268 g/mol. The second-order valence-corrected chi connectivity index (χ2v) is 6.13. The molecule has 0 bridgehead atoms. The van der Waals surface area contributed by atoms with Gasteiger partial charge in [0.2, 0.25) is 0 Å². The Kier molecular flexibility index (Phi) is 3.85. The fraction of sp³-hybridized carbons (Fsp3) is 0.625. The van der Waals surface area contributed by atoms with E-state index in [0.29, 0.717) is 23.9 Å². The number of nitro groups is 1. The smallest absolute Gasteiger partial charge is 0.269 e. The van der Waals surface area contributed by atoms with Crippen LogP contribution in [0.3, 0.4) is 0 Å². The first-order valence-electron chi connectivity index (χ1n) is 7.79. The van der Waals surface area contributed by atoms with Gasteiger partial charge in [0.15, 0.2) is 0 Å². The van der Waals surface area contributed by atoms with E-state index < -0.39 is 0 Å². The summed E-state index contributed by atoms with van der Waals surface area (Å²) in [6, 6.07) is 6.85. The van der Waals surface area contributed by atoms with Gasteiger partial charge in [-0.1, -0.05) is 6.92 Å². The molecule has 5 heteroatoms. The van der Waals surface area contributed by atoms with Gasteiger partial charge >= 0.3 is 0 Å². The van der Waals surface area contributed by atoms with Crippen molar-refractivity contribution >= 4 is 5.69 Å². The first-order chi connectivity index (χ1) is 10.1. The fourth-order valence-corrected chi connectivity index (χ4v) is 3.98. The molecule has 2 aliphatic heterocycles. The highest BCUT2D eigenvalue weighted by Gasteiger charge is 2.47. The Morgan fingerprint density at radius 2 is 2.14 bits per heavy atom. The maximum atomic E-state index is 10.6. The summed E-state index contributed by atoms with van der Waals surface area (Å²) < 4.78 is 5.86. The molecule has 0 saturated carbocycles. The molecule has 0 N–H and O–H groups in total. The average molecular weight is 290 g/mol. The van der Waals surface area contributed by atoms with Crippen molar-refractivity contribution in [2.45, 2.75) is 50.6 Å². The minimum absolute atomic E-state index is 0.104. The van der Waals surface area contributed by atoms with Crippen LogP contribution in [0.2, 0.25) is 0 Å². The molecule has 3 rings (SSSR count). The SMILES string of the molecule is CC[C@@]12CCCN1C(COc1ccc([N+](=O)[O-])cc1)CC2. The van der Waals surface area contributed by atoms with E-state index in [2.05, 4.69) is 11.8 Å². The van der Waals surface area contributed by atoms with Gasteiger partial charge in [-0.05, 0) is 50.8 Å². The van der Waals surface area contributed by atoms with Crippen LogP contribution in [0, 0.1) is 10.1 Å². The number of rotatable bonds is 5. The van der Waals surface area contributed by atoms with Crippen LogP contribution in [0.5, 0.6) is 5.75 Å². The van der Waals surface area contributed by atoms with Gasteiger partial charge in [-0.25, -0.2) is 0 Å². The van der Waals surface area contributed by atoms with E-state index in [9.17, 15) is 10.1 Å². The lowest BCUT2D eigenvalue weighted by Gasteiger charge is -2.34. The van der Waals surface area contributed by atoms with E-state index in [1.165, 1.54) is 50.8 Å². The Morgan fingerprint density at radius 3 is 2.81 bits per heavy atom. The van der Waals surface area contributed by atoms with Crippen molar-refractivity contribution < 1.29 is 9.66 Å². The first-order valence-corrected chi connectivity index (χ1v) is 7.79. The maximum Gasteiger partial charge on any atom is 0.269 e. The summed E-state index contributed by atoms with van der Waals surface area (Å²) in [6.07, 6.45) is 6.30. The highest BCUT2D eigenvalue weighted by molar-refractivity contribution is 5.36. The lowest BCUT2D eigenvalue weighted by Crippen LogP contribution is -2.43. The van der Waals surface area contributed by atoms with Crippen molar-refractivity contribution in [2.24, 2.45) is 0 Å². The predicted octanol–water partition coefficient (Wildman–Crippen LogP) is 3.38. The van der Waals surface area contributed by atoms with Crippen molar-refractivity contribution in [1.29, 1.82) is 0 Å². The Morgan fingerprint density at radius 1 is 1.38 bits per heavy atom. The monoisotopic (exact) mass is 290 g/mol. The highest BCUT2D eigenvalue weighted by Crippen LogP contribution is 2.44. The number of hydrogen-bond acceptors (Lipinski definition) is 4. The van der Waals surface area contributed by atoms with Gasteiger partial charge in [0.25, 0.3) is 5.69 Å². The van der Waals surface area contributed by atoms with E-state index in [1.807, 2.05) is 0 Å². The zero-order valence-corrected chi connectivity index (χ0v) is 12.5. The lowest BCUT2D eigenvalue weighted by molar-refractivity contribution is -0.384. The van der Waals surface area contributed by atoms with Crippen molar-refractivity contribution in [3.05, 3.63) is 34.4 Å². The van der Waals surface area contributed by atoms with E-state index in [-0.39, 0.29) is 10.6 Å². The van der Waals surface area contributed by atoms with Crippen molar-refractivity contribution in [1.82, 2.24) is 4.90 Å². The lowest BCUT2D eigenvalue weighted by atomic mass is 9.91. The zero-order chi connectivity index (χ0) is 14.9. The van der Waals surface area contributed by atoms with E-state index in [0.717, 1.165) is 0 Å². The van der Waals surface area contributed by atoms with Gasteiger partial charge in [0.1, 0.15) is 12.4 Å². The summed E-state index contributed by atoms with van der Waals surface area (Å²) in [6.45, 7) is 4.15. The molecule has 2 aliphatic rings. The van der Waals surface area contributed by atoms with Gasteiger partial charge in [-0.2, -0.15) is 0 Å². The van der Waals surface area contributed by atoms with E-state index in [4.69, 9.17) is 4.74 Å². The van der Waals surface area contributed by atoms with Crippen molar-refractivity contribution in [3.63, 3.8) is 0 Å². The summed E-state index contributed by atoms with van der Waals surface area (Å²) in [5.41, 5.74) is 0.525. The van der Waals surface area contributed by atoms with Crippen LogP contribution in [0.1, 0.15) is 39.0 Å². The number of ether oxygens (including phenoxy) is 1. The predicted molar refractivity (Wildman–Crippen MR) is 80.6 cm³/mol. The number of hydrogen-bond donors (Lipinski definition) is 0. The minimum atomic E-state index is -0.388. The van der Waals surface area contributed by atoms with Gasteiger partial charge in [-0.3, -0.25) is 15.0 Å². The fourth-order valence-electron chi connectivity index (χ4n) is 3.98. The third kappa shape index (κ3) is 2.62. The number of fused-ring (bicyclic) bond motifs is 1. The average Bonchev–Trinajstić information content (AvgIpc) is 3.05. The third-order valence-corrected chi connectivity index (χ3v) is 5.18. The molecule has 1 aromatic rings. The Balaban J connectivity index is 1.59. The number of non-ortho nitro benzene ring substituents is 1. The van der Waals surface area contributed by atoms with Crippen LogP contribution >= 0.6 is 0 Å². The summed E-state index contributed by atoms with van der Waals surface area (Å²) in [4.78, 5) is 12.9. The molecule has 0 radical (unpaired) electrons. The summed E-state index contributed by atoms with van der Waals surface area (Å²) >= 11 is 0. The molecule has 1 unspecified atom stereocenters. The number of nitrogens with zero attached hydrogens (tertiary/aromatic N) is 2. The minimum Gasteiger partial charge on any atom is -0.492 e. The maximum absolute atomic E-state index is 10.6. The molecule has 0 amide bonds. The Labute approximate surface area is 125 Å². The normalized spacial score (nSPS) is 28.5. The zero-order valence-electron chi connectivity index (χ0n) is 12.5. The summed E-state index contributed by atoms with van der Waals surface area (Å²) in [5.74, 6) is 0.716. The molecule has 5 nitrogen and oxygen atoms in total. The van der Waals surface area contributed by atoms with Gasteiger partial charge < -0.3 is 4.74 Å². The molecule has 0 spiro atoms. The topological polar surface area (TPSA) is 55.6 Å². The van der Waals surface area contributed by atoms with E-state index >= 15 is 0 Å². The molecule has 0 aromatic heterocycles. The van der Waals surface area contributed by atoms with Crippen molar-refractivity contribution in [2.75, 3.05) is 13.2 Å². The van der Waals surface area contributed by atoms with E-state index in [1.54, 1.807) is 12.1 Å². The molecule has 2 saturated heterocycles. The first kappa shape index (κ1) is 14.3. The molecule has 2 atom stereocenters. The molecular formula is C16H22N2O3.